The number of piperidine rings is 1. The van der Waals surface area contributed by atoms with Gasteiger partial charge in [0.25, 0.3) is 5.91 Å². The lowest BCUT2D eigenvalue weighted by molar-refractivity contribution is -0.195. The third-order valence-electron chi connectivity index (χ3n) is 6.31. The second-order valence-corrected chi connectivity index (χ2v) is 8.20. The first-order valence-corrected chi connectivity index (χ1v) is 10.3. The Kier molecular flexibility index (Phi) is 5.31. The minimum absolute atomic E-state index is 0.214. The Morgan fingerprint density at radius 3 is 2.79 bits per heavy atom. The lowest BCUT2D eigenvalue weighted by atomic mass is 9.73. The highest BCUT2D eigenvalue weighted by atomic mass is 16.5. The fourth-order valence-corrected chi connectivity index (χ4v) is 4.45. The molecular weight excluding hydrogens is 370 g/mol. The topological polar surface area (TPSA) is 92.5 Å². The molecule has 2 aliphatic heterocycles. The first-order chi connectivity index (χ1) is 14.0. The van der Waals surface area contributed by atoms with Gasteiger partial charge in [-0.2, -0.15) is 5.10 Å². The van der Waals surface area contributed by atoms with E-state index < -0.39 is 17.2 Å². The molecule has 2 aromatic rings. The van der Waals surface area contributed by atoms with Crippen molar-refractivity contribution >= 4 is 11.7 Å². The zero-order valence-electron chi connectivity index (χ0n) is 17.0. The number of aliphatic hydroxyl groups is 1. The van der Waals surface area contributed by atoms with Crippen LogP contribution in [-0.2, 0) is 11.3 Å². The maximum Gasteiger partial charge on any atom is 0.254 e. The summed E-state index contributed by atoms with van der Waals surface area (Å²) in [4.78, 5) is 19.4. The molecule has 29 heavy (non-hydrogen) atoms. The molecule has 4 rings (SSSR count). The molecule has 0 aromatic carbocycles. The normalized spacial score (nSPS) is 26.4. The number of hydrogen-bond donors (Lipinski definition) is 2. The van der Waals surface area contributed by atoms with E-state index in [9.17, 15) is 9.90 Å². The van der Waals surface area contributed by atoms with E-state index in [1.807, 2.05) is 32.0 Å². The van der Waals surface area contributed by atoms with Crippen LogP contribution in [0, 0.1) is 0 Å². The number of hydrogen-bond acceptors (Lipinski definition) is 6. The van der Waals surface area contributed by atoms with Gasteiger partial charge in [-0.25, -0.2) is 4.98 Å². The summed E-state index contributed by atoms with van der Waals surface area (Å²) in [5.41, 5.74) is -0.901. The molecule has 8 nitrogen and oxygen atoms in total. The lowest BCUT2D eigenvalue weighted by Gasteiger charge is -2.53. The number of aromatic nitrogens is 3. The molecule has 0 radical (unpaired) electrons. The standard InChI is InChI=1S/C21H29N5O3/c1-3-26-15-16(14-23-26)18(27)24-20(2)9-13-29-21(19(20)28)7-11-25(12-8-21)17-6-4-5-10-22-17/h4-6,10,14-15,19,28H,3,7-9,11-13H2,1-2H3,(H,24,27)/t19-,20+/m1/s1. The van der Waals surface area contributed by atoms with Crippen molar-refractivity contribution in [3.05, 3.63) is 42.4 Å². The number of rotatable bonds is 4. The van der Waals surface area contributed by atoms with Crippen LogP contribution >= 0.6 is 0 Å². The predicted octanol–water partition coefficient (Wildman–Crippen LogP) is 1.61. The van der Waals surface area contributed by atoms with Gasteiger partial charge in [-0.15, -0.1) is 0 Å². The Bertz CT molecular complexity index is 847. The molecule has 2 saturated heterocycles. The molecule has 8 heteroatoms. The summed E-state index contributed by atoms with van der Waals surface area (Å²) >= 11 is 0. The predicted molar refractivity (Wildman–Crippen MR) is 109 cm³/mol. The summed E-state index contributed by atoms with van der Waals surface area (Å²) < 4.78 is 7.86. The van der Waals surface area contributed by atoms with Crippen molar-refractivity contribution in [2.45, 2.75) is 56.9 Å². The van der Waals surface area contributed by atoms with E-state index in [2.05, 4.69) is 20.3 Å². The molecule has 2 atom stereocenters. The molecule has 0 aliphatic carbocycles. The number of carbonyl (C=O) groups excluding carboxylic acids is 1. The third kappa shape index (κ3) is 3.74. The molecule has 1 spiro atoms. The van der Waals surface area contributed by atoms with E-state index in [4.69, 9.17) is 4.74 Å². The number of aryl methyl sites for hydroxylation is 1. The average Bonchev–Trinajstić information content (AvgIpc) is 3.23. The highest BCUT2D eigenvalue weighted by Crippen LogP contribution is 2.40. The van der Waals surface area contributed by atoms with Crippen molar-refractivity contribution < 1.29 is 14.6 Å². The Hall–Kier alpha value is -2.45. The second kappa shape index (κ2) is 7.76. The van der Waals surface area contributed by atoms with Gasteiger partial charge in [0.15, 0.2) is 0 Å². The Balaban J connectivity index is 1.46. The lowest BCUT2D eigenvalue weighted by Crippen LogP contribution is -2.69. The van der Waals surface area contributed by atoms with Crippen molar-refractivity contribution in [3.63, 3.8) is 0 Å². The SMILES string of the molecule is CCn1cc(C(=O)N[C@@]2(C)CCOC3(CCN(c4ccccn4)CC3)[C@@H]2O)cn1. The molecule has 2 N–H and O–H groups in total. The molecule has 0 saturated carbocycles. The Morgan fingerprint density at radius 2 is 2.14 bits per heavy atom. The van der Waals surface area contributed by atoms with Gasteiger partial charge in [0.1, 0.15) is 11.9 Å². The van der Waals surface area contributed by atoms with Gasteiger partial charge in [-0.1, -0.05) is 6.07 Å². The molecule has 156 valence electrons. The molecule has 1 amide bonds. The first-order valence-electron chi connectivity index (χ1n) is 10.3. The molecule has 0 bridgehead atoms. The van der Waals surface area contributed by atoms with Crippen LogP contribution in [0.4, 0.5) is 5.82 Å². The van der Waals surface area contributed by atoms with Crippen LogP contribution in [0.2, 0.25) is 0 Å². The van der Waals surface area contributed by atoms with E-state index in [0.29, 0.717) is 38.0 Å². The maximum atomic E-state index is 12.8. The van der Waals surface area contributed by atoms with Crippen molar-refractivity contribution in [1.82, 2.24) is 20.1 Å². The van der Waals surface area contributed by atoms with Gasteiger partial charge in [0, 0.05) is 38.6 Å². The van der Waals surface area contributed by atoms with E-state index in [1.165, 1.54) is 0 Å². The van der Waals surface area contributed by atoms with Gasteiger partial charge in [-0.3, -0.25) is 9.48 Å². The third-order valence-corrected chi connectivity index (χ3v) is 6.31. The summed E-state index contributed by atoms with van der Waals surface area (Å²) in [6.07, 6.45) is 6.22. The number of nitrogens with one attached hydrogen (secondary N) is 1. The highest BCUT2D eigenvalue weighted by Gasteiger charge is 2.54. The van der Waals surface area contributed by atoms with E-state index in [0.717, 1.165) is 18.9 Å². The number of nitrogens with zero attached hydrogens (tertiary/aromatic N) is 4. The number of ether oxygens (including phenoxy) is 1. The second-order valence-electron chi connectivity index (χ2n) is 8.20. The average molecular weight is 399 g/mol. The van der Waals surface area contributed by atoms with Gasteiger partial charge in [0.2, 0.25) is 0 Å². The fourth-order valence-electron chi connectivity index (χ4n) is 4.45. The molecule has 4 heterocycles. The van der Waals surface area contributed by atoms with Crippen molar-refractivity contribution in [1.29, 1.82) is 0 Å². The van der Waals surface area contributed by atoms with Gasteiger partial charge in [-0.05, 0) is 45.2 Å². The zero-order valence-corrected chi connectivity index (χ0v) is 17.0. The summed E-state index contributed by atoms with van der Waals surface area (Å²) in [5.74, 6) is 0.728. The van der Waals surface area contributed by atoms with Crippen molar-refractivity contribution in [2.75, 3.05) is 24.6 Å². The monoisotopic (exact) mass is 399 g/mol. The largest absolute Gasteiger partial charge is 0.388 e. The zero-order chi connectivity index (χ0) is 20.5. The molecule has 0 unspecified atom stereocenters. The molecular formula is C21H29N5O3. The molecule has 2 aromatic heterocycles. The van der Waals surface area contributed by atoms with Crippen LogP contribution in [0.5, 0.6) is 0 Å². The van der Waals surface area contributed by atoms with Gasteiger partial charge < -0.3 is 20.1 Å². The number of pyridine rings is 1. The van der Waals surface area contributed by atoms with E-state index >= 15 is 0 Å². The fraction of sp³-hybridized carbons (Fsp3) is 0.571. The summed E-state index contributed by atoms with van der Waals surface area (Å²) in [5, 5.41) is 18.5. The number of anilines is 1. The van der Waals surface area contributed by atoms with Gasteiger partial charge in [0.05, 0.1) is 22.9 Å². The van der Waals surface area contributed by atoms with Crippen LogP contribution < -0.4 is 10.2 Å². The smallest absolute Gasteiger partial charge is 0.254 e. The van der Waals surface area contributed by atoms with Crippen LogP contribution in [-0.4, -0.2) is 62.7 Å². The molecule has 2 fully saturated rings. The summed E-state index contributed by atoms with van der Waals surface area (Å²) in [7, 11) is 0. The molecule has 2 aliphatic rings. The Morgan fingerprint density at radius 1 is 1.34 bits per heavy atom. The number of amides is 1. The minimum Gasteiger partial charge on any atom is -0.388 e. The maximum absolute atomic E-state index is 12.8. The van der Waals surface area contributed by atoms with Crippen molar-refractivity contribution in [3.8, 4) is 0 Å². The van der Waals surface area contributed by atoms with Crippen LogP contribution in [0.15, 0.2) is 36.8 Å². The summed E-state index contributed by atoms with van der Waals surface area (Å²) in [6.45, 7) is 6.60. The Labute approximate surface area is 170 Å². The summed E-state index contributed by atoms with van der Waals surface area (Å²) in [6, 6.07) is 5.88. The number of aliphatic hydroxyl groups excluding tert-OH is 1. The van der Waals surface area contributed by atoms with Crippen LogP contribution in [0.3, 0.4) is 0 Å². The van der Waals surface area contributed by atoms with Gasteiger partial charge >= 0.3 is 0 Å². The van der Waals surface area contributed by atoms with Crippen molar-refractivity contribution in [2.24, 2.45) is 0 Å². The minimum atomic E-state index is -0.792. The highest BCUT2D eigenvalue weighted by molar-refractivity contribution is 5.94. The number of carbonyl (C=O) groups is 1. The quantitative estimate of drug-likeness (QED) is 0.812. The van der Waals surface area contributed by atoms with E-state index in [1.54, 1.807) is 23.3 Å². The van der Waals surface area contributed by atoms with E-state index in [-0.39, 0.29) is 5.91 Å². The van der Waals surface area contributed by atoms with Crippen LogP contribution in [0.25, 0.3) is 0 Å². The first kappa shape index (κ1) is 19.8. The van der Waals surface area contributed by atoms with Crippen LogP contribution in [0.1, 0.15) is 43.5 Å².